The van der Waals surface area contributed by atoms with Gasteiger partial charge in [0, 0.05) is 25.8 Å². The number of hydrogen-bond donors (Lipinski definition) is 1. The summed E-state index contributed by atoms with van der Waals surface area (Å²) in [5.41, 5.74) is 1.72. The molecular formula is C26H23NO6S. The van der Waals surface area contributed by atoms with Gasteiger partial charge in [-0.2, -0.15) is 0 Å². The van der Waals surface area contributed by atoms with E-state index in [4.69, 9.17) is 14.6 Å². The van der Waals surface area contributed by atoms with Gasteiger partial charge >= 0.3 is 5.97 Å². The lowest BCUT2D eigenvalue weighted by molar-refractivity contribution is -0.122. The second kappa shape index (κ2) is 10.5. The molecule has 1 fully saturated rings. The molecule has 3 aromatic rings. The number of hydrogen-bond acceptors (Lipinski definition) is 6. The Hall–Kier alpha value is -3.62. The number of ether oxygens (including phenoxy) is 2. The van der Waals surface area contributed by atoms with Crippen molar-refractivity contribution in [3.05, 3.63) is 82.3 Å². The normalized spacial score (nSPS) is 14.9. The summed E-state index contributed by atoms with van der Waals surface area (Å²) in [6, 6.07) is 18.0. The summed E-state index contributed by atoms with van der Waals surface area (Å²) < 4.78 is 11.1. The van der Waals surface area contributed by atoms with Crippen LogP contribution in [0, 0.1) is 0 Å². The van der Waals surface area contributed by atoms with Crippen molar-refractivity contribution in [3.8, 4) is 5.75 Å². The first kappa shape index (κ1) is 23.5. The largest absolute Gasteiger partial charge is 0.488 e. The molecule has 3 aromatic carbocycles. The Bertz CT molecular complexity index is 1270. The number of carbonyl (C=O) groups excluding carboxylic acids is 2. The number of benzene rings is 3. The first-order valence-electron chi connectivity index (χ1n) is 10.7. The fraction of sp³-hybridized carbons (Fsp3) is 0.192. The lowest BCUT2D eigenvalue weighted by atomic mass is 10.0. The predicted octanol–water partition coefficient (Wildman–Crippen LogP) is 5.19. The Balaban J connectivity index is 1.63. The van der Waals surface area contributed by atoms with Crippen LogP contribution in [0.25, 0.3) is 16.8 Å². The zero-order valence-corrected chi connectivity index (χ0v) is 19.3. The van der Waals surface area contributed by atoms with Crippen molar-refractivity contribution in [2.75, 3.05) is 20.3 Å². The lowest BCUT2D eigenvalue weighted by Crippen LogP contribution is -2.29. The number of fused-ring (bicyclic) bond motifs is 1. The quantitative estimate of drug-likeness (QED) is 0.335. The van der Waals surface area contributed by atoms with Crippen LogP contribution < -0.4 is 4.74 Å². The molecule has 0 saturated carbocycles. The third-order valence-corrected chi connectivity index (χ3v) is 6.31. The second-order valence-corrected chi connectivity index (χ2v) is 8.66. The minimum absolute atomic E-state index is 0.205. The molecule has 0 aliphatic carbocycles. The Morgan fingerprint density at radius 3 is 2.56 bits per heavy atom. The summed E-state index contributed by atoms with van der Waals surface area (Å²) in [6.45, 7) is 0.994. The third-order valence-electron chi connectivity index (χ3n) is 5.41. The van der Waals surface area contributed by atoms with Crippen molar-refractivity contribution in [1.29, 1.82) is 0 Å². The fourth-order valence-corrected chi connectivity index (χ4v) is 4.49. The molecule has 34 heavy (non-hydrogen) atoms. The molecule has 7 nitrogen and oxygen atoms in total. The first-order valence-corrected chi connectivity index (χ1v) is 11.5. The number of imide groups is 1. The smallest absolute Gasteiger partial charge is 0.335 e. The molecule has 0 aromatic heterocycles. The second-order valence-electron chi connectivity index (χ2n) is 7.67. The molecule has 0 radical (unpaired) electrons. The van der Waals surface area contributed by atoms with E-state index in [9.17, 15) is 14.4 Å². The van der Waals surface area contributed by atoms with E-state index >= 15 is 0 Å². The number of thioether (sulfide) groups is 1. The minimum atomic E-state index is -0.986. The van der Waals surface area contributed by atoms with Crippen molar-refractivity contribution in [3.63, 3.8) is 0 Å². The fourth-order valence-electron chi connectivity index (χ4n) is 3.65. The van der Waals surface area contributed by atoms with Crippen LogP contribution >= 0.6 is 11.8 Å². The van der Waals surface area contributed by atoms with Gasteiger partial charge in [-0.3, -0.25) is 14.5 Å². The van der Waals surface area contributed by atoms with Crippen molar-refractivity contribution < 1.29 is 29.0 Å². The zero-order valence-electron chi connectivity index (χ0n) is 18.5. The van der Waals surface area contributed by atoms with E-state index in [0.717, 1.165) is 28.1 Å². The van der Waals surface area contributed by atoms with E-state index in [1.807, 2.05) is 36.4 Å². The van der Waals surface area contributed by atoms with Gasteiger partial charge in [-0.25, -0.2) is 4.79 Å². The van der Waals surface area contributed by atoms with Crippen LogP contribution in [0.15, 0.2) is 65.6 Å². The molecule has 8 heteroatoms. The van der Waals surface area contributed by atoms with Gasteiger partial charge in [0.25, 0.3) is 11.1 Å². The molecule has 0 spiro atoms. The van der Waals surface area contributed by atoms with Gasteiger partial charge in [0.2, 0.25) is 0 Å². The van der Waals surface area contributed by atoms with Gasteiger partial charge in [0.05, 0.1) is 10.5 Å². The van der Waals surface area contributed by atoms with Crippen molar-refractivity contribution in [2.45, 2.75) is 13.0 Å². The summed E-state index contributed by atoms with van der Waals surface area (Å²) in [5.74, 6) is -0.748. The Morgan fingerprint density at radius 2 is 1.82 bits per heavy atom. The Kier molecular flexibility index (Phi) is 7.30. The number of nitrogens with zero attached hydrogens (tertiary/aromatic N) is 1. The maximum absolute atomic E-state index is 12.9. The molecule has 4 rings (SSSR count). The topological polar surface area (TPSA) is 93.1 Å². The number of amides is 2. The summed E-state index contributed by atoms with van der Waals surface area (Å²) in [5, 5.41) is 10.7. The monoisotopic (exact) mass is 477 g/mol. The van der Waals surface area contributed by atoms with Crippen molar-refractivity contribution in [1.82, 2.24) is 4.90 Å². The third kappa shape index (κ3) is 5.13. The number of aromatic carboxylic acids is 1. The van der Waals surface area contributed by atoms with E-state index in [2.05, 4.69) is 0 Å². The zero-order chi connectivity index (χ0) is 24.1. The maximum atomic E-state index is 12.9. The molecule has 174 valence electrons. The van der Waals surface area contributed by atoms with Gasteiger partial charge in [0.1, 0.15) is 12.4 Å². The van der Waals surface area contributed by atoms with Crippen LogP contribution in [-0.4, -0.2) is 47.4 Å². The van der Waals surface area contributed by atoms with Gasteiger partial charge in [-0.15, -0.1) is 0 Å². The van der Waals surface area contributed by atoms with Crippen LogP contribution in [0.1, 0.15) is 27.9 Å². The van der Waals surface area contributed by atoms with Gasteiger partial charge in [0.15, 0.2) is 0 Å². The predicted molar refractivity (Wildman–Crippen MR) is 131 cm³/mol. The number of rotatable bonds is 9. The van der Waals surface area contributed by atoms with Crippen molar-refractivity contribution >= 4 is 45.7 Å². The molecule has 1 saturated heterocycles. The summed E-state index contributed by atoms with van der Waals surface area (Å²) >= 11 is 0.917. The number of carbonyl (C=O) groups is 3. The van der Waals surface area contributed by atoms with E-state index in [1.54, 1.807) is 25.3 Å². The molecule has 1 heterocycles. The molecule has 2 amide bonds. The van der Waals surface area contributed by atoms with Crippen LogP contribution in [0.3, 0.4) is 0 Å². The highest BCUT2D eigenvalue weighted by Crippen LogP contribution is 2.37. The number of carboxylic acids is 1. The Morgan fingerprint density at radius 1 is 1.06 bits per heavy atom. The average Bonchev–Trinajstić information content (AvgIpc) is 3.11. The highest BCUT2D eigenvalue weighted by Gasteiger charge is 2.34. The molecular weight excluding hydrogens is 454 g/mol. The molecule has 0 atom stereocenters. The van der Waals surface area contributed by atoms with Crippen LogP contribution in [0.5, 0.6) is 5.75 Å². The summed E-state index contributed by atoms with van der Waals surface area (Å²) in [4.78, 5) is 38.0. The molecule has 1 N–H and O–H groups in total. The van der Waals surface area contributed by atoms with Crippen LogP contribution in [-0.2, 0) is 16.1 Å². The minimum Gasteiger partial charge on any atom is -0.488 e. The average molecular weight is 478 g/mol. The maximum Gasteiger partial charge on any atom is 0.335 e. The number of methoxy groups -OCH3 is 1. The highest BCUT2D eigenvalue weighted by atomic mass is 32.2. The van der Waals surface area contributed by atoms with E-state index in [1.165, 1.54) is 17.0 Å². The first-order chi connectivity index (χ1) is 16.5. The van der Waals surface area contributed by atoms with Gasteiger partial charge in [-0.1, -0.05) is 42.5 Å². The Labute approximate surface area is 201 Å². The molecule has 0 bridgehead atoms. The van der Waals surface area contributed by atoms with Crippen LogP contribution in [0.4, 0.5) is 4.79 Å². The van der Waals surface area contributed by atoms with Crippen molar-refractivity contribution in [2.24, 2.45) is 0 Å². The molecule has 1 aliphatic heterocycles. The standard InChI is InChI=1S/C26H23NO6S/c1-32-14-4-13-27-24(28)23(34-26(27)31)15-21-20-6-3-2-5-18(20)11-12-22(21)33-16-17-7-9-19(10-8-17)25(29)30/h2-3,5-12,15H,4,13-14,16H2,1H3,(H,29,30)/b23-15+. The highest BCUT2D eigenvalue weighted by molar-refractivity contribution is 8.18. The van der Waals surface area contributed by atoms with Crippen LogP contribution in [0.2, 0.25) is 0 Å². The van der Waals surface area contributed by atoms with Gasteiger partial charge in [-0.05, 0) is 58.8 Å². The number of carboxylic acid groups (broad SMARTS) is 1. The molecule has 1 aliphatic rings. The van der Waals surface area contributed by atoms with Gasteiger partial charge < -0.3 is 14.6 Å². The van der Waals surface area contributed by atoms with E-state index in [0.29, 0.717) is 35.8 Å². The molecule has 0 unspecified atom stereocenters. The van der Waals surface area contributed by atoms with E-state index in [-0.39, 0.29) is 23.3 Å². The SMILES string of the molecule is COCCCN1C(=O)S/C(=C/c2c(OCc3ccc(C(=O)O)cc3)ccc3ccccc23)C1=O. The summed E-state index contributed by atoms with van der Waals surface area (Å²) in [7, 11) is 1.58. The van der Waals surface area contributed by atoms with E-state index < -0.39 is 5.97 Å². The summed E-state index contributed by atoms with van der Waals surface area (Å²) in [6.07, 6.45) is 2.29. The lowest BCUT2D eigenvalue weighted by Gasteiger charge is -2.13.